The summed E-state index contributed by atoms with van der Waals surface area (Å²) in [6.45, 7) is 5.79. The van der Waals surface area contributed by atoms with Crippen LogP contribution in [0.4, 0.5) is 7.00 Å². The zero-order valence-electron chi connectivity index (χ0n) is 11.1. The fraction of sp³-hybridized carbons (Fsp3) is 0.545. The first kappa shape index (κ1) is 27.0. The molecular weight excluding hydrogens is 382 g/mol. The zero-order chi connectivity index (χ0) is 14.1. The van der Waals surface area contributed by atoms with Gasteiger partial charge in [-0.2, -0.15) is 0 Å². The van der Waals surface area contributed by atoms with Crippen molar-refractivity contribution in [3.8, 4) is 0 Å². The number of hydrogen-bond donors (Lipinski definition) is 3. The fourth-order valence-corrected chi connectivity index (χ4v) is 1.61. The van der Waals surface area contributed by atoms with Crippen LogP contribution in [-0.4, -0.2) is 50.4 Å². The van der Waals surface area contributed by atoms with Crippen LogP contribution in [0.3, 0.4) is 0 Å². The van der Waals surface area contributed by atoms with Gasteiger partial charge in [-0.1, -0.05) is 0 Å². The molecule has 0 heterocycles. The smallest absolute Gasteiger partial charge is 0 e. The van der Waals surface area contributed by atoms with Crippen LogP contribution in [0.15, 0.2) is 24.3 Å². The minimum absolute atomic E-state index is 0. The van der Waals surface area contributed by atoms with E-state index in [2.05, 4.69) is 0 Å². The average molecular weight is 405 g/mol. The van der Waals surface area contributed by atoms with E-state index < -0.39 is 15.3 Å². The van der Waals surface area contributed by atoms with Crippen LogP contribution < -0.4 is 4.40 Å². The number of rotatable bonds is 1. The van der Waals surface area contributed by atoms with Crippen LogP contribution in [0.2, 0.25) is 0 Å². The van der Waals surface area contributed by atoms with Crippen molar-refractivity contribution in [2.45, 2.75) is 20.8 Å². The second-order valence-corrected chi connectivity index (χ2v) is 5.13. The van der Waals surface area contributed by atoms with E-state index in [1.807, 2.05) is 0 Å². The summed E-state index contributed by atoms with van der Waals surface area (Å²) in [5.74, 6) is 0. The standard InChI is InChI=1S/C5H5F2Ge.3C2H6O.Zr/c6-8(7)5-3-1-2-4-5;3*1-2-3;/h1-4,8H;3*3H,2H2,1H3;/q-1;;;;. The Labute approximate surface area is 132 Å². The Kier molecular flexibility index (Phi) is 39.2. The molecule has 0 unspecified atom stereocenters. The summed E-state index contributed by atoms with van der Waals surface area (Å²) >= 11 is -3.89. The topological polar surface area (TPSA) is 60.7 Å². The van der Waals surface area contributed by atoms with Crippen LogP contribution in [0.1, 0.15) is 20.8 Å². The number of halogens is 2. The van der Waals surface area contributed by atoms with Gasteiger partial charge < -0.3 is 15.3 Å². The molecule has 3 nitrogen and oxygen atoms in total. The van der Waals surface area contributed by atoms with Gasteiger partial charge in [0.25, 0.3) is 0 Å². The Hall–Kier alpha value is 0.516. The van der Waals surface area contributed by atoms with Gasteiger partial charge in [0.15, 0.2) is 0 Å². The molecule has 0 atom stereocenters. The molecule has 0 amide bonds. The van der Waals surface area contributed by atoms with Crippen LogP contribution in [0, 0.1) is 0 Å². The van der Waals surface area contributed by atoms with E-state index in [9.17, 15) is 7.00 Å². The van der Waals surface area contributed by atoms with Gasteiger partial charge in [0.2, 0.25) is 0 Å². The second kappa shape index (κ2) is 26.2. The molecule has 0 fully saturated rings. The molecule has 18 heavy (non-hydrogen) atoms. The molecule has 1 aromatic carbocycles. The molecule has 0 saturated heterocycles. The van der Waals surface area contributed by atoms with Crippen molar-refractivity contribution >= 4 is 19.7 Å². The van der Waals surface area contributed by atoms with Crippen LogP contribution >= 0.6 is 0 Å². The maximum absolute atomic E-state index is 11.8. The second-order valence-electron chi connectivity index (χ2n) is 2.47. The molecule has 0 aliphatic heterocycles. The molecule has 0 aliphatic rings. The van der Waals surface area contributed by atoms with Gasteiger partial charge in [-0.05, 0) is 20.8 Å². The Bertz CT molecular complexity index is 195. The molecule has 0 radical (unpaired) electrons. The summed E-state index contributed by atoms with van der Waals surface area (Å²) in [6, 6.07) is 6.27. The van der Waals surface area contributed by atoms with Gasteiger partial charge >= 0.3 is 50.9 Å². The van der Waals surface area contributed by atoms with Crippen molar-refractivity contribution < 1.29 is 48.5 Å². The normalized spacial score (nSPS) is 7.61. The average Bonchev–Trinajstić information content (AvgIpc) is 2.73. The predicted octanol–water partition coefficient (Wildman–Crippen LogP) is 0.765. The van der Waals surface area contributed by atoms with Crippen molar-refractivity contribution in [2.75, 3.05) is 19.8 Å². The fourth-order valence-electron chi connectivity index (χ4n) is 0.534. The molecule has 0 bridgehead atoms. The van der Waals surface area contributed by atoms with E-state index >= 15 is 0 Å². The number of hydrogen-bond acceptors (Lipinski definition) is 3. The molecule has 0 spiro atoms. The predicted molar refractivity (Wildman–Crippen MR) is 69.3 cm³/mol. The van der Waals surface area contributed by atoms with Crippen LogP contribution in [0.5, 0.6) is 0 Å². The first-order valence-electron chi connectivity index (χ1n) is 5.37. The van der Waals surface area contributed by atoms with E-state index in [4.69, 9.17) is 15.3 Å². The molecule has 0 saturated carbocycles. The van der Waals surface area contributed by atoms with Gasteiger partial charge in [-0.3, -0.25) is 0 Å². The van der Waals surface area contributed by atoms with Gasteiger partial charge in [0, 0.05) is 46.0 Å². The maximum atomic E-state index is 11.8. The Balaban J connectivity index is -0.0000000840. The van der Waals surface area contributed by atoms with Crippen molar-refractivity contribution in [1.29, 1.82) is 0 Å². The Morgan fingerprint density at radius 2 is 1.11 bits per heavy atom. The summed E-state index contributed by atoms with van der Waals surface area (Å²) in [4.78, 5) is 0. The first-order chi connectivity index (χ1) is 8.05. The van der Waals surface area contributed by atoms with E-state index in [-0.39, 0.29) is 50.4 Å². The zero-order valence-corrected chi connectivity index (χ0v) is 16.0. The van der Waals surface area contributed by atoms with Gasteiger partial charge in [0.05, 0.1) is 0 Å². The largest absolute Gasteiger partial charge is 0 e. The Morgan fingerprint density at radius 3 is 1.22 bits per heavy atom. The first-order valence-corrected chi connectivity index (χ1v) is 8.42. The van der Waals surface area contributed by atoms with Gasteiger partial charge in [-0.15, -0.1) is 0 Å². The van der Waals surface area contributed by atoms with Crippen LogP contribution in [0.25, 0.3) is 0 Å². The summed E-state index contributed by atoms with van der Waals surface area (Å²) in [6.07, 6.45) is 0. The van der Waals surface area contributed by atoms with Crippen molar-refractivity contribution in [3.63, 3.8) is 0 Å². The third-order valence-corrected chi connectivity index (χ3v) is 2.81. The SMILES string of the molecule is CCO.CCO.CCO.[F][GeH]([F])[c-]1cccc1.[Zr]. The summed E-state index contributed by atoms with van der Waals surface area (Å²) in [7, 11) is 0. The van der Waals surface area contributed by atoms with Crippen molar-refractivity contribution in [1.82, 2.24) is 0 Å². The molecule has 3 N–H and O–H groups in total. The Morgan fingerprint density at radius 1 is 0.889 bits per heavy atom. The third kappa shape index (κ3) is 30.0. The third-order valence-electron chi connectivity index (χ3n) is 0.940. The molecule has 7 heteroatoms. The molecule has 1 rings (SSSR count). The summed E-state index contributed by atoms with van der Waals surface area (Å²) < 4.78 is 23.9. The van der Waals surface area contributed by atoms with Crippen molar-refractivity contribution in [3.05, 3.63) is 24.3 Å². The minimum Gasteiger partial charge on any atom is 0 e. The van der Waals surface area contributed by atoms with E-state index in [1.165, 1.54) is 12.1 Å². The number of aliphatic hydroxyl groups excluding tert-OH is 3. The monoisotopic (exact) mass is 405 g/mol. The molecular formula is C11H23F2GeO3Zr-. The number of aliphatic hydroxyl groups is 3. The summed E-state index contributed by atoms with van der Waals surface area (Å²) in [5.41, 5.74) is 0. The minimum atomic E-state index is -3.89. The summed E-state index contributed by atoms with van der Waals surface area (Å²) in [5, 5.41) is 22.7. The molecule has 1 aromatic rings. The van der Waals surface area contributed by atoms with Gasteiger partial charge in [-0.25, -0.2) is 0 Å². The van der Waals surface area contributed by atoms with Crippen molar-refractivity contribution in [2.24, 2.45) is 0 Å². The van der Waals surface area contributed by atoms with Gasteiger partial charge in [0.1, 0.15) is 0 Å². The van der Waals surface area contributed by atoms with E-state index in [0.717, 1.165) is 0 Å². The quantitative estimate of drug-likeness (QED) is 0.478. The maximum Gasteiger partial charge on any atom is 0 e. The molecule has 0 aliphatic carbocycles. The molecule has 108 valence electrons. The van der Waals surface area contributed by atoms with E-state index in [0.29, 0.717) is 0 Å². The van der Waals surface area contributed by atoms with E-state index in [1.54, 1.807) is 32.9 Å². The molecule has 0 aromatic heterocycles. The van der Waals surface area contributed by atoms with Crippen LogP contribution in [-0.2, 0) is 26.2 Å².